The summed E-state index contributed by atoms with van der Waals surface area (Å²) in [5.74, 6) is -0.343. The lowest BCUT2D eigenvalue weighted by atomic mass is 10.1. The average molecular weight is 241 g/mol. The largest absolute Gasteiger partial charge is 0.480 e. The van der Waals surface area contributed by atoms with Gasteiger partial charge in [0.15, 0.2) is 0 Å². The Kier molecular flexibility index (Phi) is 4.54. The number of hydrogen-bond acceptors (Lipinski definition) is 5. The highest BCUT2D eigenvalue weighted by atomic mass is 32.2. The Balaban J connectivity index is 2.81. The van der Waals surface area contributed by atoms with Crippen molar-refractivity contribution in [2.75, 3.05) is 11.6 Å². The van der Waals surface area contributed by atoms with Crippen LogP contribution in [0.15, 0.2) is 17.4 Å². The van der Waals surface area contributed by atoms with Crippen molar-refractivity contribution in [2.24, 2.45) is 5.92 Å². The van der Waals surface area contributed by atoms with Gasteiger partial charge in [-0.15, -0.1) is 11.8 Å². The van der Waals surface area contributed by atoms with Crippen LogP contribution in [0.1, 0.15) is 13.8 Å². The minimum atomic E-state index is -0.876. The summed E-state index contributed by atoms with van der Waals surface area (Å²) in [5, 5.41) is 12.7. The molecule has 0 fully saturated rings. The summed E-state index contributed by atoms with van der Waals surface area (Å²) in [4.78, 5) is 19.0. The van der Waals surface area contributed by atoms with Crippen LogP contribution in [0.2, 0.25) is 0 Å². The first-order valence-electron chi connectivity index (χ1n) is 4.90. The Labute approximate surface area is 98.7 Å². The van der Waals surface area contributed by atoms with Crippen LogP contribution < -0.4 is 5.32 Å². The first-order chi connectivity index (χ1) is 7.54. The van der Waals surface area contributed by atoms with Crippen LogP contribution in [0, 0.1) is 5.92 Å². The number of carbonyl (C=O) groups is 1. The molecule has 0 aliphatic carbocycles. The summed E-state index contributed by atoms with van der Waals surface area (Å²) in [6.45, 7) is 3.70. The number of nitrogens with one attached hydrogen (secondary N) is 1. The molecule has 5 nitrogen and oxygen atoms in total. The lowest BCUT2D eigenvalue weighted by Gasteiger charge is -2.18. The van der Waals surface area contributed by atoms with Crippen LogP contribution in [0.5, 0.6) is 0 Å². The maximum absolute atomic E-state index is 11.0. The van der Waals surface area contributed by atoms with Crippen molar-refractivity contribution in [3.63, 3.8) is 0 Å². The molecule has 1 unspecified atom stereocenters. The number of aromatic nitrogens is 2. The molecule has 2 N–H and O–H groups in total. The Morgan fingerprint density at radius 1 is 1.50 bits per heavy atom. The number of carboxylic acids is 1. The van der Waals surface area contributed by atoms with Crippen LogP contribution >= 0.6 is 11.8 Å². The van der Waals surface area contributed by atoms with Crippen molar-refractivity contribution < 1.29 is 9.90 Å². The number of thioether (sulfide) groups is 1. The number of nitrogens with zero attached hydrogens (tertiary/aromatic N) is 2. The third-order valence-corrected chi connectivity index (χ3v) is 2.73. The summed E-state index contributed by atoms with van der Waals surface area (Å²) in [6.07, 6.45) is 3.33. The molecule has 1 atom stereocenters. The SMILES string of the molecule is CSc1cc(NC(C(=O)O)C(C)C)ncn1. The van der Waals surface area contributed by atoms with Crippen molar-refractivity contribution in [3.05, 3.63) is 12.4 Å². The van der Waals surface area contributed by atoms with Crippen molar-refractivity contribution in [2.45, 2.75) is 24.9 Å². The fraction of sp³-hybridized carbons (Fsp3) is 0.500. The van der Waals surface area contributed by atoms with Crippen molar-refractivity contribution in [1.29, 1.82) is 0 Å². The van der Waals surface area contributed by atoms with Gasteiger partial charge < -0.3 is 10.4 Å². The van der Waals surface area contributed by atoms with E-state index >= 15 is 0 Å². The molecule has 0 amide bonds. The molecule has 0 saturated heterocycles. The predicted molar refractivity (Wildman–Crippen MR) is 63.7 cm³/mol. The highest BCUT2D eigenvalue weighted by molar-refractivity contribution is 7.98. The number of hydrogen-bond donors (Lipinski definition) is 2. The topological polar surface area (TPSA) is 75.1 Å². The van der Waals surface area contributed by atoms with Gasteiger partial charge in [0, 0.05) is 6.07 Å². The van der Waals surface area contributed by atoms with Gasteiger partial charge in [-0.25, -0.2) is 14.8 Å². The molecule has 88 valence electrons. The highest BCUT2D eigenvalue weighted by Crippen LogP contribution is 2.16. The second-order valence-corrected chi connectivity index (χ2v) is 4.48. The third-order valence-electron chi connectivity index (χ3n) is 2.09. The molecule has 1 aromatic heterocycles. The molecule has 0 spiro atoms. The molecule has 0 aliphatic rings. The minimum Gasteiger partial charge on any atom is -0.480 e. The van der Waals surface area contributed by atoms with E-state index in [9.17, 15) is 4.79 Å². The minimum absolute atomic E-state index is 0.00908. The van der Waals surface area contributed by atoms with E-state index in [0.717, 1.165) is 5.03 Å². The van der Waals surface area contributed by atoms with Gasteiger partial charge in [-0.05, 0) is 12.2 Å². The Bertz CT molecular complexity index is 371. The maximum Gasteiger partial charge on any atom is 0.326 e. The summed E-state index contributed by atoms with van der Waals surface area (Å²) in [7, 11) is 0. The van der Waals surface area contributed by atoms with Gasteiger partial charge in [0.05, 0.1) is 0 Å². The van der Waals surface area contributed by atoms with E-state index in [1.165, 1.54) is 18.1 Å². The molecular formula is C10H15N3O2S. The molecule has 0 aliphatic heterocycles. The van der Waals surface area contributed by atoms with E-state index < -0.39 is 12.0 Å². The molecular weight excluding hydrogens is 226 g/mol. The van der Waals surface area contributed by atoms with Crippen molar-refractivity contribution >= 4 is 23.5 Å². The molecule has 0 saturated carbocycles. The normalized spacial score (nSPS) is 12.5. The van der Waals surface area contributed by atoms with Gasteiger partial charge in [0.2, 0.25) is 0 Å². The van der Waals surface area contributed by atoms with Crippen LogP contribution in [0.3, 0.4) is 0 Å². The van der Waals surface area contributed by atoms with Crippen molar-refractivity contribution in [1.82, 2.24) is 9.97 Å². The van der Waals surface area contributed by atoms with Crippen molar-refractivity contribution in [3.8, 4) is 0 Å². The quantitative estimate of drug-likeness (QED) is 0.604. The maximum atomic E-state index is 11.0. The fourth-order valence-corrected chi connectivity index (χ4v) is 1.58. The molecule has 1 aromatic rings. The van der Waals surface area contributed by atoms with E-state index in [1.807, 2.05) is 20.1 Å². The summed E-state index contributed by atoms with van der Waals surface area (Å²) in [6, 6.07) is 1.10. The second-order valence-electron chi connectivity index (χ2n) is 3.65. The zero-order valence-corrected chi connectivity index (χ0v) is 10.3. The summed E-state index contributed by atoms with van der Waals surface area (Å²) >= 11 is 1.49. The highest BCUT2D eigenvalue weighted by Gasteiger charge is 2.21. The van der Waals surface area contributed by atoms with Gasteiger partial charge in [-0.1, -0.05) is 13.8 Å². The first-order valence-corrected chi connectivity index (χ1v) is 6.12. The molecule has 1 rings (SSSR count). The van der Waals surface area contributed by atoms with Crippen LogP contribution in [-0.4, -0.2) is 33.3 Å². The van der Waals surface area contributed by atoms with E-state index in [0.29, 0.717) is 5.82 Å². The standard InChI is InChI=1S/C10H15N3O2S/c1-6(2)9(10(14)15)13-7-4-8(16-3)12-5-11-7/h4-6,9H,1-3H3,(H,14,15)(H,11,12,13). The average Bonchev–Trinajstić information content (AvgIpc) is 2.25. The Morgan fingerprint density at radius 2 is 2.19 bits per heavy atom. The van der Waals surface area contributed by atoms with E-state index in [4.69, 9.17) is 5.11 Å². The van der Waals surface area contributed by atoms with Crippen LogP contribution in [0.4, 0.5) is 5.82 Å². The predicted octanol–water partition coefficient (Wildman–Crippen LogP) is 1.72. The van der Waals surface area contributed by atoms with Gasteiger partial charge >= 0.3 is 5.97 Å². The molecule has 6 heteroatoms. The molecule has 0 radical (unpaired) electrons. The molecule has 1 heterocycles. The number of anilines is 1. The van der Waals surface area contributed by atoms with Gasteiger partial charge in [0.25, 0.3) is 0 Å². The van der Waals surface area contributed by atoms with E-state index in [-0.39, 0.29) is 5.92 Å². The lowest BCUT2D eigenvalue weighted by molar-refractivity contribution is -0.138. The zero-order chi connectivity index (χ0) is 12.1. The van der Waals surface area contributed by atoms with Gasteiger partial charge in [-0.3, -0.25) is 0 Å². The lowest BCUT2D eigenvalue weighted by Crippen LogP contribution is -2.34. The summed E-state index contributed by atoms with van der Waals surface area (Å²) < 4.78 is 0. The van der Waals surface area contributed by atoms with Gasteiger partial charge in [-0.2, -0.15) is 0 Å². The summed E-state index contributed by atoms with van der Waals surface area (Å²) in [5.41, 5.74) is 0. The first kappa shape index (κ1) is 12.8. The molecule has 0 bridgehead atoms. The number of carboxylic acid groups (broad SMARTS) is 1. The Hall–Kier alpha value is -1.30. The van der Waals surface area contributed by atoms with Gasteiger partial charge in [0.1, 0.15) is 23.2 Å². The molecule has 16 heavy (non-hydrogen) atoms. The number of rotatable bonds is 5. The fourth-order valence-electron chi connectivity index (χ4n) is 1.20. The van der Waals surface area contributed by atoms with E-state index in [1.54, 1.807) is 6.07 Å². The Morgan fingerprint density at radius 3 is 2.69 bits per heavy atom. The van der Waals surface area contributed by atoms with Crippen LogP contribution in [-0.2, 0) is 4.79 Å². The van der Waals surface area contributed by atoms with Crippen LogP contribution in [0.25, 0.3) is 0 Å². The van der Waals surface area contributed by atoms with E-state index in [2.05, 4.69) is 15.3 Å². The monoisotopic (exact) mass is 241 g/mol. The third kappa shape index (κ3) is 3.37. The zero-order valence-electron chi connectivity index (χ0n) is 9.47. The number of aliphatic carboxylic acids is 1. The molecule has 0 aromatic carbocycles. The smallest absolute Gasteiger partial charge is 0.326 e. The second kappa shape index (κ2) is 5.69.